The molecule has 1 saturated heterocycles. The fourth-order valence-corrected chi connectivity index (χ4v) is 2.60. The number of ether oxygens (including phenoxy) is 1. The predicted octanol–water partition coefficient (Wildman–Crippen LogP) is 2.82. The van der Waals surface area contributed by atoms with Gasteiger partial charge in [-0.05, 0) is 43.0 Å². The van der Waals surface area contributed by atoms with Crippen LogP contribution in [0.4, 0.5) is 0 Å². The summed E-state index contributed by atoms with van der Waals surface area (Å²) in [4.78, 5) is 0. The van der Waals surface area contributed by atoms with Gasteiger partial charge in [-0.15, -0.1) is 0 Å². The summed E-state index contributed by atoms with van der Waals surface area (Å²) in [6, 6.07) is 8.69. The van der Waals surface area contributed by atoms with Gasteiger partial charge in [-0.1, -0.05) is 23.7 Å². The van der Waals surface area contributed by atoms with Gasteiger partial charge in [0.15, 0.2) is 0 Å². The maximum atomic E-state index is 6.02. The van der Waals surface area contributed by atoms with Gasteiger partial charge in [-0.2, -0.15) is 0 Å². The maximum Gasteiger partial charge on any atom is 0.0616 e. The van der Waals surface area contributed by atoms with Crippen molar-refractivity contribution in [3.05, 3.63) is 34.9 Å². The lowest BCUT2D eigenvalue weighted by molar-refractivity contribution is 0.149. The van der Waals surface area contributed by atoms with Gasteiger partial charge in [-0.25, -0.2) is 0 Å². The van der Waals surface area contributed by atoms with Crippen molar-refractivity contribution in [3.8, 4) is 0 Å². The van der Waals surface area contributed by atoms with Crippen LogP contribution in [0, 0.1) is 0 Å². The molecule has 1 aliphatic rings. The highest BCUT2D eigenvalue weighted by Crippen LogP contribution is 2.29. The number of hydrogen-bond donors (Lipinski definition) is 1. The minimum absolute atomic E-state index is 0.475. The fourth-order valence-electron chi connectivity index (χ4n) is 2.40. The quantitative estimate of drug-likeness (QED) is 0.876. The smallest absolute Gasteiger partial charge is 0.0616 e. The van der Waals surface area contributed by atoms with E-state index in [0.717, 1.165) is 24.6 Å². The third-order valence-corrected chi connectivity index (χ3v) is 3.42. The molecule has 1 N–H and O–H groups in total. The van der Waals surface area contributed by atoms with E-state index in [0.29, 0.717) is 12.0 Å². The summed E-state index contributed by atoms with van der Waals surface area (Å²) in [7, 11) is 1.75. The van der Waals surface area contributed by atoms with Crippen LogP contribution in [-0.4, -0.2) is 26.3 Å². The Bertz CT molecular complexity index is 340. The third kappa shape index (κ3) is 2.97. The van der Waals surface area contributed by atoms with Gasteiger partial charge in [0.05, 0.1) is 6.61 Å². The Kier molecular flexibility index (Phi) is 4.22. The Balaban J connectivity index is 2.03. The first kappa shape index (κ1) is 11.9. The molecule has 1 aliphatic heterocycles. The topological polar surface area (TPSA) is 21.3 Å². The van der Waals surface area contributed by atoms with Crippen molar-refractivity contribution in [3.63, 3.8) is 0 Å². The highest BCUT2D eigenvalue weighted by Gasteiger charge is 2.22. The number of hydrogen-bond acceptors (Lipinski definition) is 2. The minimum Gasteiger partial charge on any atom is -0.383 e. The number of methoxy groups -OCH3 is 1. The second kappa shape index (κ2) is 5.67. The first-order chi connectivity index (χ1) is 7.79. The van der Waals surface area contributed by atoms with Crippen LogP contribution >= 0.6 is 11.6 Å². The molecule has 16 heavy (non-hydrogen) atoms. The summed E-state index contributed by atoms with van der Waals surface area (Å²) in [6.45, 7) is 1.85. The highest BCUT2D eigenvalue weighted by molar-refractivity contribution is 6.30. The number of nitrogens with one attached hydrogen (secondary N) is 1. The summed E-state index contributed by atoms with van der Waals surface area (Å²) in [5.41, 5.74) is 1.36. The average Bonchev–Trinajstić information content (AvgIpc) is 2.30. The molecule has 0 aliphatic carbocycles. The first-order valence-corrected chi connectivity index (χ1v) is 6.15. The lowest BCUT2D eigenvalue weighted by Gasteiger charge is -2.30. The Hall–Kier alpha value is -0.570. The first-order valence-electron chi connectivity index (χ1n) is 5.77. The SMILES string of the molecule is COCC1CC(c2cccc(Cl)c2)CCN1. The molecule has 0 spiro atoms. The van der Waals surface area contributed by atoms with E-state index >= 15 is 0 Å². The predicted molar refractivity (Wildman–Crippen MR) is 67.1 cm³/mol. The van der Waals surface area contributed by atoms with Crippen molar-refractivity contribution < 1.29 is 4.74 Å². The maximum absolute atomic E-state index is 6.02. The molecule has 0 aromatic heterocycles. The summed E-state index contributed by atoms with van der Waals surface area (Å²) in [5, 5.41) is 4.31. The molecule has 1 fully saturated rings. The van der Waals surface area contributed by atoms with Gasteiger partial charge >= 0.3 is 0 Å². The minimum atomic E-state index is 0.475. The third-order valence-electron chi connectivity index (χ3n) is 3.18. The van der Waals surface area contributed by atoms with Crippen molar-refractivity contribution in [2.45, 2.75) is 24.8 Å². The number of halogens is 1. The van der Waals surface area contributed by atoms with Crippen LogP contribution in [0.25, 0.3) is 0 Å². The van der Waals surface area contributed by atoms with E-state index in [1.165, 1.54) is 12.0 Å². The lowest BCUT2D eigenvalue weighted by atomic mass is 9.87. The van der Waals surface area contributed by atoms with Crippen LogP contribution in [0.1, 0.15) is 24.3 Å². The number of rotatable bonds is 3. The summed E-state index contributed by atoms with van der Waals surface area (Å²) in [6.07, 6.45) is 2.31. The van der Waals surface area contributed by atoms with Crippen LogP contribution in [-0.2, 0) is 4.74 Å². The van der Waals surface area contributed by atoms with Crippen molar-refractivity contribution in [1.29, 1.82) is 0 Å². The van der Waals surface area contributed by atoms with Crippen molar-refractivity contribution in [1.82, 2.24) is 5.32 Å². The Morgan fingerprint density at radius 2 is 2.38 bits per heavy atom. The Morgan fingerprint density at radius 3 is 3.12 bits per heavy atom. The zero-order valence-electron chi connectivity index (χ0n) is 9.58. The second-order valence-electron chi connectivity index (χ2n) is 4.38. The molecule has 0 bridgehead atoms. The van der Waals surface area contributed by atoms with E-state index in [9.17, 15) is 0 Å². The van der Waals surface area contributed by atoms with Gasteiger partial charge in [0.1, 0.15) is 0 Å². The molecular weight excluding hydrogens is 222 g/mol. The average molecular weight is 240 g/mol. The van der Waals surface area contributed by atoms with E-state index in [2.05, 4.69) is 17.4 Å². The van der Waals surface area contributed by atoms with Crippen molar-refractivity contribution >= 4 is 11.6 Å². The molecular formula is C13H18ClNO. The van der Waals surface area contributed by atoms with Crippen LogP contribution < -0.4 is 5.32 Å². The molecule has 2 rings (SSSR count). The van der Waals surface area contributed by atoms with Gasteiger partial charge < -0.3 is 10.1 Å². The van der Waals surface area contributed by atoms with Crippen molar-refractivity contribution in [2.75, 3.05) is 20.3 Å². The Labute approximate surface area is 102 Å². The molecule has 0 amide bonds. The summed E-state index contributed by atoms with van der Waals surface area (Å²) < 4.78 is 5.20. The van der Waals surface area contributed by atoms with Gasteiger partial charge in [-0.3, -0.25) is 0 Å². The molecule has 3 heteroatoms. The van der Waals surface area contributed by atoms with Gasteiger partial charge in [0.25, 0.3) is 0 Å². The second-order valence-corrected chi connectivity index (χ2v) is 4.82. The molecule has 2 atom stereocenters. The molecule has 2 unspecified atom stereocenters. The number of benzene rings is 1. The molecule has 2 nitrogen and oxygen atoms in total. The lowest BCUT2D eigenvalue weighted by Crippen LogP contribution is -2.40. The zero-order chi connectivity index (χ0) is 11.4. The zero-order valence-corrected chi connectivity index (χ0v) is 10.3. The van der Waals surface area contributed by atoms with Crippen LogP contribution in [0.15, 0.2) is 24.3 Å². The standard InChI is InChI=1S/C13H18ClNO/c1-16-9-13-8-11(5-6-15-13)10-3-2-4-12(14)7-10/h2-4,7,11,13,15H,5-6,8-9H2,1H3. The van der Waals surface area contributed by atoms with E-state index in [1.54, 1.807) is 7.11 Å². The summed E-state index contributed by atoms with van der Waals surface area (Å²) >= 11 is 6.02. The highest BCUT2D eigenvalue weighted by atomic mass is 35.5. The summed E-state index contributed by atoms with van der Waals surface area (Å²) in [5.74, 6) is 0.611. The van der Waals surface area contributed by atoms with Crippen molar-refractivity contribution in [2.24, 2.45) is 0 Å². The molecule has 1 heterocycles. The molecule has 1 aromatic rings. The fraction of sp³-hybridized carbons (Fsp3) is 0.538. The molecule has 0 radical (unpaired) electrons. The Morgan fingerprint density at radius 1 is 1.50 bits per heavy atom. The molecule has 88 valence electrons. The number of piperidine rings is 1. The van der Waals surface area contributed by atoms with E-state index in [1.807, 2.05) is 12.1 Å². The van der Waals surface area contributed by atoms with Crippen LogP contribution in [0.2, 0.25) is 5.02 Å². The van der Waals surface area contributed by atoms with Crippen LogP contribution in [0.3, 0.4) is 0 Å². The molecule has 0 saturated carbocycles. The van der Waals surface area contributed by atoms with Gasteiger partial charge in [0, 0.05) is 18.2 Å². The van der Waals surface area contributed by atoms with Gasteiger partial charge in [0.2, 0.25) is 0 Å². The van der Waals surface area contributed by atoms with E-state index < -0.39 is 0 Å². The van der Waals surface area contributed by atoms with Crippen LogP contribution in [0.5, 0.6) is 0 Å². The largest absolute Gasteiger partial charge is 0.383 e. The van der Waals surface area contributed by atoms with E-state index in [-0.39, 0.29) is 0 Å². The normalized spacial score (nSPS) is 25.6. The molecule has 1 aromatic carbocycles. The monoisotopic (exact) mass is 239 g/mol. The van der Waals surface area contributed by atoms with E-state index in [4.69, 9.17) is 16.3 Å².